The molecule has 4 aromatic carbocycles. The molecule has 0 aromatic heterocycles. The van der Waals surface area contributed by atoms with Crippen LogP contribution in [0.25, 0.3) is 6.08 Å². The topological polar surface area (TPSA) is 9.23 Å². The Kier molecular flexibility index (Phi) is 5.45. The van der Waals surface area contributed by atoms with Gasteiger partial charge in [-0.3, -0.25) is 0 Å². The molecule has 0 radical (unpaired) electrons. The average molecular weight is 420 g/mol. The summed E-state index contributed by atoms with van der Waals surface area (Å²) < 4.78 is 5.69. The first-order chi connectivity index (χ1) is 15.3. The Balaban J connectivity index is 1.75. The van der Waals surface area contributed by atoms with Gasteiger partial charge in [0.2, 0.25) is 0 Å². The van der Waals surface area contributed by atoms with E-state index in [0.29, 0.717) is 0 Å². The molecule has 0 aliphatic heterocycles. The Morgan fingerprint density at radius 3 is 1.94 bits per heavy atom. The molecule has 0 fully saturated rings. The van der Waals surface area contributed by atoms with Crippen LogP contribution in [0.5, 0.6) is 5.75 Å². The zero-order valence-corrected chi connectivity index (χ0v) is 18.7. The third-order valence-electron chi connectivity index (χ3n) is 5.96. The number of ether oxygens (including phenoxy) is 1. The van der Waals surface area contributed by atoms with Crippen LogP contribution in [0.2, 0.25) is 0 Å². The van der Waals surface area contributed by atoms with Crippen LogP contribution in [0.4, 0.5) is 0 Å². The molecule has 31 heavy (non-hydrogen) atoms. The summed E-state index contributed by atoms with van der Waals surface area (Å²) in [6, 6.07) is 37.2. The highest BCUT2D eigenvalue weighted by Gasteiger charge is 2.29. The summed E-state index contributed by atoms with van der Waals surface area (Å²) in [4.78, 5) is 0. The van der Waals surface area contributed by atoms with Crippen LogP contribution in [-0.4, -0.2) is 7.11 Å². The Hall–Kier alpha value is -3.15. The highest BCUT2D eigenvalue weighted by molar-refractivity contribution is 7.79. The molecule has 0 amide bonds. The SMILES string of the molecule is COc1ccc(C2C(C)=Cc3ccccc32)c(P(c2ccccc2)c2ccccc2)c1. The van der Waals surface area contributed by atoms with E-state index in [1.54, 1.807) is 7.11 Å². The fraction of sp³-hybridized carbons (Fsp3) is 0.103. The van der Waals surface area contributed by atoms with Crippen molar-refractivity contribution in [3.8, 4) is 5.75 Å². The molecule has 1 atom stereocenters. The van der Waals surface area contributed by atoms with E-state index < -0.39 is 7.92 Å². The number of hydrogen-bond acceptors (Lipinski definition) is 1. The number of hydrogen-bond donors (Lipinski definition) is 0. The number of methoxy groups -OCH3 is 1. The molecule has 0 saturated heterocycles. The Bertz CT molecular complexity index is 1190. The minimum absolute atomic E-state index is 0.273. The molecule has 1 unspecified atom stereocenters. The lowest BCUT2D eigenvalue weighted by atomic mass is 9.89. The predicted molar refractivity (Wildman–Crippen MR) is 134 cm³/mol. The minimum Gasteiger partial charge on any atom is -0.497 e. The van der Waals surface area contributed by atoms with Gasteiger partial charge in [-0.2, -0.15) is 0 Å². The zero-order chi connectivity index (χ0) is 21.2. The van der Waals surface area contributed by atoms with Crippen LogP contribution in [0.15, 0.2) is 109 Å². The summed E-state index contributed by atoms with van der Waals surface area (Å²) in [6.45, 7) is 2.26. The molecular weight excluding hydrogens is 395 g/mol. The van der Waals surface area contributed by atoms with Crippen LogP contribution < -0.4 is 20.7 Å². The maximum absolute atomic E-state index is 5.69. The van der Waals surface area contributed by atoms with Gasteiger partial charge in [0, 0.05) is 5.92 Å². The van der Waals surface area contributed by atoms with Crippen molar-refractivity contribution in [2.45, 2.75) is 12.8 Å². The lowest BCUT2D eigenvalue weighted by Crippen LogP contribution is -2.25. The lowest BCUT2D eigenvalue weighted by Gasteiger charge is -2.26. The molecule has 5 rings (SSSR count). The van der Waals surface area contributed by atoms with Crippen molar-refractivity contribution >= 4 is 29.9 Å². The van der Waals surface area contributed by atoms with E-state index in [4.69, 9.17) is 4.74 Å². The van der Waals surface area contributed by atoms with Crippen molar-refractivity contribution in [1.82, 2.24) is 0 Å². The van der Waals surface area contributed by atoms with Crippen molar-refractivity contribution < 1.29 is 4.74 Å². The summed E-state index contributed by atoms with van der Waals surface area (Å²) in [6.07, 6.45) is 2.33. The maximum Gasteiger partial charge on any atom is 0.119 e. The van der Waals surface area contributed by atoms with Gasteiger partial charge in [0.15, 0.2) is 0 Å². The molecule has 4 aromatic rings. The number of rotatable bonds is 5. The van der Waals surface area contributed by atoms with Crippen LogP contribution >= 0.6 is 7.92 Å². The second-order valence-electron chi connectivity index (χ2n) is 7.88. The second kappa shape index (κ2) is 8.53. The van der Waals surface area contributed by atoms with E-state index in [-0.39, 0.29) is 5.92 Å². The second-order valence-corrected chi connectivity index (χ2v) is 10.1. The quantitative estimate of drug-likeness (QED) is 0.360. The van der Waals surface area contributed by atoms with Crippen molar-refractivity contribution in [2.75, 3.05) is 7.11 Å². The fourth-order valence-electron chi connectivity index (χ4n) is 4.56. The summed E-state index contributed by atoms with van der Waals surface area (Å²) in [5.74, 6) is 1.18. The summed E-state index contributed by atoms with van der Waals surface area (Å²) >= 11 is 0. The lowest BCUT2D eigenvalue weighted by molar-refractivity contribution is 0.415. The normalized spacial score (nSPS) is 14.9. The molecule has 2 heteroatoms. The largest absolute Gasteiger partial charge is 0.497 e. The summed E-state index contributed by atoms with van der Waals surface area (Å²) in [7, 11) is 1.03. The standard InChI is InChI=1S/C29H25OP/c1-21-19-22-11-9-10-16-26(22)29(21)27-18-17-23(30-2)20-28(27)31(24-12-5-3-6-13-24)25-14-7-4-8-15-25/h3-20,29H,1-2H3. The third-order valence-corrected chi connectivity index (χ3v) is 8.46. The Morgan fingerprint density at radius 2 is 1.29 bits per heavy atom. The van der Waals surface area contributed by atoms with Crippen LogP contribution in [0.1, 0.15) is 29.5 Å². The molecule has 0 N–H and O–H groups in total. The van der Waals surface area contributed by atoms with Crippen molar-refractivity contribution in [2.24, 2.45) is 0 Å². The van der Waals surface area contributed by atoms with E-state index in [1.807, 2.05) is 0 Å². The monoisotopic (exact) mass is 420 g/mol. The van der Waals surface area contributed by atoms with E-state index in [2.05, 4.69) is 116 Å². The molecule has 1 aliphatic rings. The van der Waals surface area contributed by atoms with E-state index in [9.17, 15) is 0 Å². The number of allylic oxidation sites excluding steroid dienone is 1. The Morgan fingerprint density at radius 1 is 0.677 bits per heavy atom. The average Bonchev–Trinajstić information content (AvgIpc) is 3.16. The Labute approximate surface area is 185 Å². The first-order valence-corrected chi connectivity index (χ1v) is 12.0. The van der Waals surface area contributed by atoms with Crippen LogP contribution in [-0.2, 0) is 0 Å². The van der Waals surface area contributed by atoms with Gasteiger partial charge in [-0.1, -0.05) is 103 Å². The highest BCUT2D eigenvalue weighted by atomic mass is 31.1. The maximum atomic E-state index is 5.69. The highest BCUT2D eigenvalue weighted by Crippen LogP contribution is 2.44. The first-order valence-electron chi connectivity index (χ1n) is 10.6. The molecule has 0 spiro atoms. The van der Waals surface area contributed by atoms with Gasteiger partial charge < -0.3 is 4.74 Å². The molecule has 152 valence electrons. The fourth-order valence-corrected chi connectivity index (χ4v) is 7.07. The van der Waals surface area contributed by atoms with Gasteiger partial charge in [0.1, 0.15) is 5.75 Å². The molecule has 0 saturated carbocycles. The molecular formula is C29H25OP. The van der Waals surface area contributed by atoms with Gasteiger partial charge >= 0.3 is 0 Å². The number of fused-ring (bicyclic) bond motifs is 1. The van der Waals surface area contributed by atoms with Crippen LogP contribution in [0, 0.1) is 0 Å². The first kappa shape index (κ1) is 19.8. The minimum atomic E-state index is -0.720. The van der Waals surface area contributed by atoms with E-state index in [1.165, 1.54) is 38.2 Å². The van der Waals surface area contributed by atoms with Gasteiger partial charge in [0.25, 0.3) is 0 Å². The smallest absolute Gasteiger partial charge is 0.119 e. The van der Waals surface area contributed by atoms with Crippen molar-refractivity contribution in [1.29, 1.82) is 0 Å². The van der Waals surface area contributed by atoms with Gasteiger partial charge in [-0.05, 0) is 59.6 Å². The van der Waals surface area contributed by atoms with Gasteiger partial charge in [0.05, 0.1) is 7.11 Å². The summed E-state index contributed by atoms with van der Waals surface area (Å²) in [5.41, 5.74) is 5.49. The van der Waals surface area contributed by atoms with Crippen molar-refractivity contribution in [3.63, 3.8) is 0 Å². The summed E-state index contributed by atoms with van der Waals surface area (Å²) in [5, 5.41) is 4.07. The third kappa shape index (κ3) is 3.71. The molecule has 1 nitrogen and oxygen atoms in total. The molecule has 0 heterocycles. The molecule has 1 aliphatic carbocycles. The van der Waals surface area contributed by atoms with Crippen LogP contribution in [0.3, 0.4) is 0 Å². The van der Waals surface area contributed by atoms with E-state index >= 15 is 0 Å². The predicted octanol–water partition coefficient (Wildman–Crippen LogP) is 6.00. The van der Waals surface area contributed by atoms with Gasteiger partial charge in [-0.15, -0.1) is 0 Å². The van der Waals surface area contributed by atoms with Gasteiger partial charge in [-0.25, -0.2) is 0 Å². The molecule has 0 bridgehead atoms. The van der Waals surface area contributed by atoms with E-state index in [0.717, 1.165) is 5.75 Å². The van der Waals surface area contributed by atoms with Crippen molar-refractivity contribution in [3.05, 3.63) is 125 Å². The zero-order valence-electron chi connectivity index (χ0n) is 17.8. The number of benzene rings is 4.